The van der Waals surface area contributed by atoms with Crippen molar-refractivity contribution >= 4 is 33.0 Å². The van der Waals surface area contributed by atoms with Gasteiger partial charge in [-0.2, -0.15) is 13.2 Å². The highest BCUT2D eigenvalue weighted by Crippen LogP contribution is 2.34. The number of carbonyl (C=O) groups excluding carboxylic acids is 1. The van der Waals surface area contributed by atoms with E-state index < -0.39 is 48.9 Å². The Morgan fingerprint density at radius 1 is 1.32 bits per heavy atom. The summed E-state index contributed by atoms with van der Waals surface area (Å²) in [6.45, 7) is 0.206. The second-order valence-corrected chi connectivity index (χ2v) is 6.90. The minimum absolute atomic E-state index is 0.206. The van der Waals surface area contributed by atoms with Gasteiger partial charge in [-0.3, -0.25) is 4.79 Å². The molecule has 0 saturated carbocycles. The molecule has 0 aliphatic heterocycles. The Kier molecular flexibility index (Phi) is 4.81. The standard InChI is InChI=1S/C11H10ClF4NO4S/c1-10(19,11(14,15)16)9(18)17-5-3-4-6(22(2,20)21)8(13)7(5)12/h3-4,19H,1-2H3,(H,17,18)/t10-/m1/s1. The van der Waals surface area contributed by atoms with Crippen molar-refractivity contribution in [2.24, 2.45) is 0 Å². The van der Waals surface area contributed by atoms with Crippen LogP contribution in [0, 0.1) is 5.82 Å². The molecule has 5 nitrogen and oxygen atoms in total. The van der Waals surface area contributed by atoms with E-state index in [4.69, 9.17) is 16.7 Å². The number of benzene rings is 1. The topological polar surface area (TPSA) is 83.5 Å². The van der Waals surface area contributed by atoms with Crippen molar-refractivity contribution in [1.29, 1.82) is 0 Å². The minimum Gasteiger partial charge on any atom is -0.373 e. The second-order valence-electron chi connectivity index (χ2n) is 4.54. The molecule has 1 aromatic rings. The normalized spacial score (nSPS) is 15.3. The number of halogens is 5. The van der Waals surface area contributed by atoms with Crippen molar-refractivity contribution in [3.63, 3.8) is 0 Å². The van der Waals surface area contributed by atoms with Crippen molar-refractivity contribution in [2.45, 2.75) is 23.6 Å². The van der Waals surface area contributed by atoms with E-state index in [0.717, 1.165) is 12.1 Å². The van der Waals surface area contributed by atoms with Crippen LogP contribution in [0.3, 0.4) is 0 Å². The van der Waals surface area contributed by atoms with Crippen LogP contribution in [0.1, 0.15) is 6.92 Å². The molecule has 0 aliphatic carbocycles. The van der Waals surface area contributed by atoms with Crippen molar-refractivity contribution in [3.8, 4) is 0 Å². The second kappa shape index (κ2) is 5.67. The summed E-state index contributed by atoms with van der Waals surface area (Å²) in [5, 5.41) is 9.86. The maximum Gasteiger partial charge on any atom is 0.426 e. The lowest BCUT2D eigenvalue weighted by Gasteiger charge is -2.25. The summed E-state index contributed by atoms with van der Waals surface area (Å²) < 4.78 is 73.8. The van der Waals surface area contributed by atoms with Crippen LogP contribution in [0.2, 0.25) is 5.02 Å². The van der Waals surface area contributed by atoms with Gasteiger partial charge < -0.3 is 10.4 Å². The largest absolute Gasteiger partial charge is 0.426 e. The molecular formula is C11H10ClF4NO4S. The Morgan fingerprint density at radius 3 is 2.23 bits per heavy atom. The van der Waals surface area contributed by atoms with E-state index in [1.54, 1.807) is 5.32 Å². The first-order valence-corrected chi connectivity index (χ1v) is 7.75. The van der Waals surface area contributed by atoms with E-state index in [0.29, 0.717) is 6.26 Å². The SMILES string of the molecule is C[C@@](O)(C(=O)Nc1ccc(S(C)(=O)=O)c(F)c1Cl)C(F)(F)F. The Labute approximate surface area is 127 Å². The number of anilines is 1. The summed E-state index contributed by atoms with van der Waals surface area (Å²) >= 11 is 5.50. The number of aliphatic hydroxyl groups is 1. The van der Waals surface area contributed by atoms with Gasteiger partial charge in [0.05, 0.1) is 5.69 Å². The number of hydrogen-bond acceptors (Lipinski definition) is 4. The van der Waals surface area contributed by atoms with Gasteiger partial charge >= 0.3 is 6.18 Å². The molecule has 0 fully saturated rings. The highest BCUT2D eigenvalue weighted by atomic mass is 35.5. The summed E-state index contributed by atoms with van der Waals surface area (Å²) in [7, 11) is -3.95. The Morgan fingerprint density at radius 2 is 1.82 bits per heavy atom. The van der Waals surface area contributed by atoms with Crippen molar-refractivity contribution in [2.75, 3.05) is 11.6 Å². The lowest BCUT2D eigenvalue weighted by Crippen LogP contribution is -2.52. The molecule has 1 amide bonds. The van der Waals surface area contributed by atoms with Crippen molar-refractivity contribution in [3.05, 3.63) is 23.0 Å². The Hall–Kier alpha value is -1.39. The van der Waals surface area contributed by atoms with Crippen LogP contribution >= 0.6 is 11.6 Å². The molecule has 2 N–H and O–H groups in total. The molecule has 0 aliphatic rings. The van der Waals surface area contributed by atoms with Gasteiger partial charge in [0.15, 0.2) is 15.7 Å². The first-order chi connectivity index (χ1) is 9.69. The molecule has 11 heteroatoms. The van der Waals surface area contributed by atoms with E-state index in [9.17, 15) is 30.8 Å². The first-order valence-electron chi connectivity index (χ1n) is 5.48. The fourth-order valence-corrected chi connectivity index (χ4v) is 2.30. The van der Waals surface area contributed by atoms with Crippen molar-refractivity contribution < 1.29 is 35.9 Å². The molecule has 0 heterocycles. The van der Waals surface area contributed by atoms with Gasteiger partial charge in [-0.05, 0) is 19.1 Å². The predicted molar refractivity (Wildman–Crippen MR) is 69.8 cm³/mol. The fourth-order valence-electron chi connectivity index (χ4n) is 1.29. The molecule has 0 saturated heterocycles. The smallest absolute Gasteiger partial charge is 0.373 e. The molecule has 1 rings (SSSR count). The van der Waals surface area contributed by atoms with Crippen LogP contribution in [0.25, 0.3) is 0 Å². The molecular weight excluding hydrogens is 354 g/mol. The lowest BCUT2D eigenvalue weighted by atomic mass is 10.1. The lowest BCUT2D eigenvalue weighted by molar-refractivity contribution is -0.242. The molecule has 1 atom stereocenters. The monoisotopic (exact) mass is 363 g/mol. The maximum atomic E-state index is 13.8. The van der Waals surface area contributed by atoms with Crippen LogP contribution in [-0.4, -0.2) is 37.5 Å². The highest BCUT2D eigenvalue weighted by Gasteiger charge is 2.55. The third kappa shape index (κ3) is 3.50. The van der Waals surface area contributed by atoms with E-state index in [2.05, 4.69) is 0 Å². The van der Waals surface area contributed by atoms with Crippen LogP contribution in [-0.2, 0) is 14.6 Å². The van der Waals surface area contributed by atoms with Gasteiger partial charge in [0, 0.05) is 6.26 Å². The maximum absolute atomic E-state index is 13.8. The highest BCUT2D eigenvalue weighted by molar-refractivity contribution is 7.90. The number of amides is 1. The van der Waals surface area contributed by atoms with Crippen LogP contribution in [0.4, 0.5) is 23.2 Å². The molecule has 0 unspecified atom stereocenters. The molecule has 0 bridgehead atoms. The quantitative estimate of drug-likeness (QED) is 0.806. The van der Waals surface area contributed by atoms with E-state index in [1.807, 2.05) is 0 Å². The summed E-state index contributed by atoms with van der Waals surface area (Å²) in [4.78, 5) is 10.7. The van der Waals surface area contributed by atoms with E-state index in [-0.39, 0.29) is 6.92 Å². The molecule has 0 spiro atoms. The van der Waals surface area contributed by atoms with Gasteiger partial charge in [0.25, 0.3) is 5.91 Å². The van der Waals surface area contributed by atoms with Crippen molar-refractivity contribution in [1.82, 2.24) is 0 Å². The Bertz CT molecular complexity index is 716. The summed E-state index contributed by atoms with van der Waals surface area (Å²) in [6, 6.07) is 1.54. The average molecular weight is 364 g/mol. The number of nitrogens with one attached hydrogen (secondary N) is 1. The molecule has 0 radical (unpaired) electrons. The zero-order valence-electron chi connectivity index (χ0n) is 11.1. The number of sulfone groups is 1. The zero-order chi connectivity index (χ0) is 17.5. The van der Waals surface area contributed by atoms with E-state index in [1.165, 1.54) is 0 Å². The van der Waals surface area contributed by atoms with Crippen LogP contribution < -0.4 is 5.32 Å². The summed E-state index contributed by atoms with van der Waals surface area (Å²) in [6.07, 6.45) is -4.57. The average Bonchev–Trinajstić information content (AvgIpc) is 2.31. The van der Waals surface area contributed by atoms with Gasteiger partial charge in [0.2, 0.25) is 5.60 Å². The third-order valence-corrected chi connectivity index (χ3v) is 4.17. The summed E-state index contributed by atoms with van der Waals surface area (Å²) in [5.41, 5.74) is -4.34. The molecule has 1 aromatic carbocycles. The Balaban J connectivity index is 3.22. The number of alkyl halides is 3. The molecule has 0 aromatic heterocycles. The van der Waals surface area contributed by atoms with E-state index >= 15 is 0 Å². The van der Waals surface area contributed by atoms with Gasteiger partial charge in [-0.15, -0.1) is 0 Å². The molecule has 22 heavy (non-hydrogen) atoms. The predicted octanol–water partition coefficient (Wildman–Crippen LogP) is 2.13. The minimum atomic E-state index is -5.27. The van der Waals surface area contributed by atoms with Gasteiger partial charge in [-0.25, -0.2) is 12.8 Å². The van der Waals surface area contributed by atoms with Gasteiger partial charge in [-0.1, -0.05) is 11.6 Å². The zero-order valence-corrected chi connectivity index (χ0v) is 12.7. The third-order valence-electron chi connectivity index (χ3n) is 2.69. The number of carbonyl (C=O) groups is 1. The summed E-state index contributed by atoms with van der Waals surface area (Å²) in [5.74, 6) is -3.32. The number of rotatable bonds is 3. The number of hydrogen-bond donors (Lipinski definition) is 2. The first kappa shape index (κ1) is 18.7. The molecule has 124 valence electrons. The fraction of sp³-hybridized carbons (Fsp3) is 0.364. The van der Waals surface area contributed by atoms with Crippen LogP contribution in [0.15, 0.2) is 17.0 Å². The van der Waals surface area contributed by atoms with Gasteiger partial charge in [0.1, 0.15) is 9.92 Å². The van der Waals surface area contributed by atoms with Crippen LogP contribution in [0.5, 0.6) is 0 Å².